The number of fused-ring (bicyclic) bond motifs is 1. The molecule has 0 amide bonds. The highest BCUT2D eigenvalue weighted by atomic mass is 32.2. The van der Waals surface area contributed by atoms with E-state index in [1.54, 1.807) is 0 Å². The number of aromatic nitrogens is 2. The maximum Gasteiger partial charge on any atom is 0.321 e. The van der Waals surface area contributed by atoms with E-state index in [4.69, 9.17) is 9.29 Å². The van der Waals surface area contributed by atoms with Crippen LogP contribution >= 0.6 is 12.0 Å². The van der Waals surface area contributed by atoms with Gasteiger partial charge in [0.15, 0.2) is 0 Å². The summed E-state index contributed by atoms with van der Waals surface area (Å²) in [5.41, 5.74) is 1.62. The first-order valence-corrected chi connectivity index (χ1v) is 6.35. The number of nitrogens with zero attached hydrogens (tertiary/aromatic N) is 1. The molecule has 2 N–H and O–H groups in total. The minimum absolute atomic E-state index is 0.250. The number of para-hydroxylation sites is 2. The van der Waals surface area contributed by atoms with Gasteiger partial charge in [0.05, 0.1) is 23.4 Å². The largest absolute Gasteiger partial charge is 0.481 e. The molecule has 0 bridgehead atoms. The lowest BCUT2D eigenvalue weighted by Crippen LogP contribution is -2.15. The van der Waals surface area contributed by atoms with E-state index in [1.807, 2.05) is 24.3 Å². The number of nitrogens with one attached hydrogen (secondary N) is 1. The van der Waals surface area contributed by atoms with Crippen LogP contribution in [0, 0.1) is 5.92 Å². The quantitative estimate of drug-likeness (QED) is 0.816. The molecule has 19 heavy (non-hydrogen) atoms. The second-order valence-electron chi connectivity index (χ2n) is 4.04. The van der Waals surface area contributed by atoms with Gasteiger partial charge in [-0.1, -0.05) is 19.1 Å². The second kappa shape index (κ2) is 5.75. The summed E-state index contributed by atoms with van der Waals surface area (Å²) < 4.78 is 4.94. The van der Waals surface area contributed by atoms with E-state index in [-0.39, 0.29) is 6.42 Å². The molecule has 0 spiro atoms. The number of hydrogen-bond donors (Lipinski definition) is 2. The van der Waals surface area contributed by atoms with Crippen LogP contribution in [0.15, 0.2) is 29.4 Å². The van der Waals surface area contributed by atoms with Gasteiger partial charge in [-0.2, -0.15) is 0 Å². The normalized spacial score (nSPS) is 12.3. The number of aliphatic carboxylic acids is 1. The van der Waals surface area contributed by atoms with Crippen LogP contribution in [-0.2, 0) is 13.8 Å². The standard InChI is InChI=1S/C12H12N2O4S/c1-7(6-10(15)16)11(17)18-19-12-13-8-4-2-3-5-9(8)14-12/h2-5,7H,6H2,1H3,(H,13,14)(H,15,16). The number of carbonyl (C=O) groups is 2. The van der Waals surface area contributed by atoms with Crippen molar-refractivity contribution in [3.8, 4) is 0 Å². The molecule has 1 aromatic heterocycles. The topological polar surface area (TPSA) is 92.3 Å². The molecule has 1 heterocycles. The third kappa shape index (κ3) is 3.47. The van der Waals surface area contributed by atoms with Crippen molar-refractivity contribution in [1.82, 2.24) is 9.97 Å². The Hall–Kier alpha value is -2.02. The average Bonchev–Trinajstić information content (AvgIpc) is 2.77. The van der Waals surface area contributed by atoms with Crippen LogP contribution in [0.1, 0.15) is 13.3 Å². The van der Waals surface area contributed by atoms with E-state index in [0.717, 1.165) is 23.1 Å². The molecule has 7 heteroatoms. The number of rotatable bonds is 5. The zero-order valence-electron chi connectivity index (χ0n) is 10.1. The minimum Gasteiger partial charge on any atom is -0.481 e. The van der Waals surface area contributed by atoms with E-state index < -0.39 is 17.9 Å². The van der Waals surface area contributed by atoms with Crippen molar-refractivity contribution in [3.05, 3.63) is 24.3 Å². The number of hydrogen-bond acceptors (Lipinski definition) is 5. The molecule has 0 radical (unpaired) electrons. The van der Waals surface area contributed by atoms with Crippen molar-refractivity contribution < 1.29 is 18.9 Å². The van der Waals surface area contributed by atoms with Crippen LogP contribution in [0.3, 0.4) is 0 Å². The fourth-order valence-electron chi connectivity index (χ4n) is 1.48. The first-order valence-electron chi connectivity index (χ1n) is 5.61. The van der Waals surface area contributed by atoms with E-state index in [9.17, 15) is 9.59 Å². The molecule has 6 nitrogen and oxygen atoms in total. The van der Waals surface area contributed by atoms with Crippen molar-refractivity contribution >= 4 is 35.0 Å². The van der Waals surface area contributed by atoms with E-state index in [2.05, 4.69) is 9.97 Å². The van der Waals surface area contributed by atoms with Gasteiger partial charge in [-0.05, 0) is 12.1 Å². The summed E-state index contributed by atoms with van der Waals surface area (Å²) in [5, 5.41) is 9.04. The summed E-state index contributed by atoms with van der Waals surface area (Å²) in [6.45, 7) is 1.51. The summed E-state index contributed by atoms with van der Waals surface area (Å²) in [5.74, 6) is -2.29. The first kappa shape index (κ1) is 13.4. The number of carboxylic acids is 1. The summed E-state index contributed by atoms with van der Waals surface area (Å²) in [7, 11) is 0. The number of aromatic amines is 1. The lowest BCUT2D eigenvalue weighted by atomic mass is 10.1. The highest BCUT2D eigenvalue weighted by Gasteiger charge is 2.19. The van der Waals surface area contributed by atoms with E-state index in [1.165, 1.54) is 6.92 Å². The van der Waals surface area contributed by atoms with E-state index in [0.29, 0.717) is 5.16 Å². The van der Waals surface area contributed by atoms with Gasteiger partial charge in [0.1, 0.15) is 12.0 Å². The molecule has 0 aliphatic rings. The minimum atomic E-state index is -1.03. The van der Waals surface area contributed by atoms with Gasteiger partial charge >= 0.3 is 11.9 Å². The van der Waals surface area contributed by atoms with Crippen molar-refractivity contribution in [2.75, 3.05) is 0 Å². The smallest absolute Gasteiger partial charge is 0.321 e. The van der Waals surface area contributed by atoms with Crippen molar-refractivity contribution in [2.45, 2.75) is 18.5 Å². The second-order valence-corrected chi connectivity index (χ2v) is 4.76. The maximum atomic E-state index is 11.5. The summed E-state index contributed by atoms with van der Waals surface area (Å²) in [6, 6.07) is 7.43. The van der Waals surface area contributed by atoms with E-state index >= 15 is 0 Å². The van der Waals surface area contributed by atoms with Crippen molar-refractivity contribution in [3.63, 3.8) is 0 Å². The SMILES string of the molecule is CC(CC(=O)O)C(=O)OSc1nc2ccccc2[nH]1. The molecule has 0 saturated carbocycles. The summed E-state index contributed by atoms with van der Waals surface area (Å²) >= 11 is 0.801. The predicted molar refractivity (Wildman–Crippen MR) is 69.5 cm³/mol. The fraction of sp³-hybridized carbons (Fsp3) is 0.250. The molecule has 100 valence electrons. The molecule has 0 fully saturated rings. The van der Waals surface area contributed by atoms with Gasteiger partial charge in [0, 0.05) is 0 Å². The zero-order chi connectivity index (χ0) is 13.8. The van der Waals surface area contributed by atoms with Gasteiger partial charge in [0.2, 0.25) is 5.16 Å². The molecule has 2 aromatic rings. The number of imidazole rings is 1. The molecular formula is C12H12N2O4S. The van der Waals surface area contributed by atoms with Crippen LogP contribution in [0.4, 0.5) is 0 Å². The molecule has 1 atom stereocenters. The highest BCUT2D eigenvalue weighted by molar-refractivity contribution is 7.94. The molecular weight excluding hydrogens is 268 g/mol. The average molecular weight is 280 g/mol. The summed E-state index contributed by atoms with van der Waals surface area (Å²) in [6.07, 6.45) is -0.250. The number of carboxylic acid groups (broad SMARTS) is 1. The Balaban J connectivity index is 1.94. The third-order valence-corrected chi connectivity index (χ3v) is 3.05. The molecule has 0 aliphatic carbocycles. The highest BCUT2D eigenvalue weighted by Crippen LogP contribution is 2.21. The molecule has 0 aliphatic heterocycles. The number of benzene rings is 1. The fourth-order valence-corrected chi connectivity index (χ4v) is 2.09. The molecule has 0 saturated heterocycles. The Morgan fingerprint density at radius 3 is 2.89 bits per heavy atom. The number of H-pyrrole nitrogens is 1. The van der Waals surface area contributed by atoms with Gasteiger partial charge < -0.3 is 14.3 Å². The Bertz CT molecular complexity index is 578. The molecule has 1 unspecified atom stereocenters. The molecule has 2 rings (SSSR count). The summed E-state index contributed by atoms with van der Waals surface area (Å²) in [4.78, 5) is 29.2. The van der Waals surface area contributed by atoms with Crippen LogP contribution in [-0.4, -0.2) is 27.0 Å². The Kier molecular flexibility index (Phi) is 4.06. The zero-order valence-corrected chi connectivity index (χ0v) is 10.9. The predicted octanol–water partition coefficient (Wildman–Crippen LogP) is 2.22. The van der Waals surface area contributed by atoms with Crippen molar-refractivity contribution in [1.29, 1.82) is 0 Å². The van der Waals surface area contributed by atoms with Gasteiger partial charge in [-0.15, -0.1) is 0 Å². The van der Waals surface area contributed by atoms with Crippen LogP contribution in [0.5, 0.6) is 0 Å². The van der Waals surface area contributed by atoms with Crippen LogP contribution in [0.25, 0.3) is 11.0 Å². The lowest BCUT2D eigenvalue weighted by molar-refractivity contribution is -0.145. The number of carbonyl (C=O) groups excluding carboxylic acids is 1. The first-order chi connectivity index (χ1) is 9.06. The van der Waals surface area contributed by atoms with Crippen LogP contribution in [0.2, 0.25) is 0 Å². The van der Waals surface area contributed by atoms with Gasteiger partial charge in [-0.25, -0.2) is 4.98 Å². The van der Waals surface area contributed by atoms with Gasteiger partial charge in [-0.3, -0.25) is 9.59 Å². The van der Waals surface area contributed by atoms with Crippen LogP contribution < -0.4 is 0 Å². The maximum absolute atomic E-state index is 11.5. The molecule has 1 aromatic carbocycles. The monoisotopic (exact) mass is 280 g/mol. The Labute approximate surface area is 113 Å². The van der Waals surface area contributed by atoms with Gasteiger partial charge in [0.25, 0.3) is 0 Å². The Morgan fingerprint density at radius 1 is 1.47 bits per heavy atom. The lowest BCUT2D eigenvalue weighted by Gasteiger charge is -2.05. The Morgan fingerprint density at radius 2 is 2.21 bits per heavy atom. The third-order valence-electron chi connectivity index (χ3n) is 2.45. The van der Waals surface area contributed by atoms with Crippen molar-refractivity contribution in [2.24, 2.45) is 5.92 Å².